The van der Waals surface area contributed by atoms with Crippen molar-refractivity contribution in [2.24, 2.45) is 0 Å². The van der Waals surface area contributed by atoms with Gasteiger partial charge in [-0.1, -0.05) is 29.3 Å². The molecule has 0 bridgehead atoms. The summed E-state index contributed by atoms with van der Waals surface area (Å²) in [7, 11) is 1.76. The first-order valence-corrected chi connectivity index (χ1v) is 7.89. The van der Waals surface area contributed by atoms with Crippen LogP contribution in [0.4, 0.5) is 0 Å². The molecule has 3 aromatic rings. The second-order valence-corrected chi connectivity index (χ2v) is 6.20. The van der Waals surface area contributed by atoms with Crippen LogP contribution in [0.5, 0.6) is 0 Å². The predicted octanol–water partition coefficient (Wildman–Crippen LogP) is 4.70. The van der Waals surface area contributed by atoms with Crippen LogP contribution in [0.15, 0.2) is 42.7 Å². The summed E-state index contributed by atoms with van der Waals surface area (Å²) in [6, 6.07) is 8.69. The van der Waals surface area contributed by atoms with Gasteiger partial charge in [-0.05, 0) is 36.8 Å². The molecule has 1 aromatic carbocycles. The Bertz CT molecular complexity index is 875. The Hall–Kier alpha value is -2.04. The molecular formula is C17H15Cl2N3O. The molecular weight excluding hydrogens is 333 g/mol. The van der Waals surface area contributed by atoms with Gasteiger partial charge in [0.05, 0.1) is 11.6 Å². The molecule has 118 valence electrons. The van der Waals surface area contributed by atoms with Crippen molar-refractivity contribution < 1.29 is 4.79 Å². The minimum Gasteiger partial charge on any atom is -0.346 e. The highest BCUT2D eigenvalue weighted by atomic mass is 35.5. The van der Waals surface area contributed by atoms with Gasteiger partial charge in [0.1, 0.15) is 5.65 Å². The van der Waals surface area contributed by atoms with Gasteiger partial charge in [0, 0.05) is 34.9 Å². The summed E-state index contributed by atoms with van der Waals surface area (Å²) in [5.41, 5.74) is 2.16. The highest BCUT2D eigenvalue weighted by molar-refractivity contribution is 6.35. The fourth-order valence-electron chi connectivity index (χ4n) is 2.56. The second-order valence-electron chi connectivity index (χ2n) is 5.36. The van der Waals surface area contributed by atoms with E-state index in [1.807, 2.05) is 19.1 Å². The number of aromatic amines is 1. The number of amides is 1. The van der Waals surface area contributed by atoms with E-state index >= 15 is 0 Å². The van der Waals surface area contributed by atoms with Crippen molar-refractivity contribution in [3.8, 4) is 0 Å². The van der Waals surface area contributed by atoms with Gasteiger partial charge >= 0.3 is 0 Å². The Morgan fingerprint density at radius 1 is 1.26 bits per heavy atom. The first kappa shape index (κ1) is 15.8. The molecule has 1 unspecified atom stereocenters. The van der Waals surface area contributed by atoms with E-state index in [0.29, 0.717) is 21.3 Å². The Morgan fingerprint density at radius 3 is 2.78 bits per heavy atom. The molecule has 0 saturated heterocycles. The fourth-order valence-corrected chi connectivity index (χ4v) is 3.13. The maximum absolute atomic E-state index is 12.9. The van der Waals surface area contributed by atoms with Crippen LogP contribution in [0.25, 0.3) is 11.0 Å². The van der Waals surface area contributed by atoms with Gasteiger partial charge in [0.25, 0.3) is 5.91 Å². The third-order valence-electron chi connectivity index (χ3n) is 4.00. The molecule has 0 radical (unpaired) electrons. The van der Waals surface area contributed by atoms with Crippen LogP contribution >= 0.6 is 23.2 Å². The minimum atomic E-state index is -0.186. The molecule has 0 fully saturated rings. The Morgan fingerprint density at radius 2 is 2.04 bits per heavy atom. The van der Waals surface area contributed by atoms with E-state index in [4.69, 9.17) is 23.2 Å². The van der Waals surface area contributed by atoms with E-state index in [0.717, 1.165) is 10.9 Å². The lowest BCUT2D eigenvalue weighted by Gasteiger charge is -2.26. The smallest absolute Gasteiger partial charge is 0.254 e. The summed E-state index contributed by atoms with van der Waals surface area (Å²) in [6.45, 7) is 1.93. The summed E-state index contributed by atoms with van der Waals surface area (Å²) in [5, 5.41) is 1.92. The lowest BCUT2D eigenvalue weighted by molar-refractivity contribution is 0.0744. The van der Waals surface area contributed by atoms with E-state index in [1.165, 1.54) is 0 Å². The monoisotopic (exact) mass is 347 g/mol. The summed E-state index contributed by atoms with van der Waals surface area (Å²) in [4.78, 5) is 21.7. The number of nitrogens with zero attached hydrogens (tertiary/aromatic N) is 2. The van der Waals surface area contributed by atoms with Gasteiger partial charge in [-0.25, -0.2) is 4.98 Å². The lowest BCUT2D eigenvalue weighted by Crippen LogP contribution is -2.30. The number of benzene rings is 1. The van der Waals surface area contributed by atoms with Crippen molar-refractivity contribution in [2.75, 3.05) is 7.05 Å². The number of pyridine rings is 1. The standard InChI is InChI=1S/C17H15Cl2N3O/c1-10(12-4-3-11(18)9-15(12)19)22(2)17(23)14-6-8-21-16-13(14)5-7-20-16/h3-10H,1-2H3,(H,20,21). The van der Waals surface area contributed by atoms with Crippen molar-refractivity contribution >= 4 is 40.1 Å². The molecule has 3 rings (SSSR count). The number of hydrogen-bond donors (Lipinski definition) is 1. The van der Waals surface area contributed by atoms with E-state index in [9.17, 15) is 4.79 Å². The number of carbonyl (C=O) groups is 1. The van der Waals surface area contributed by atoms with Crippen LogP contribution in [-0.4, -0.2) is 27.8 Å². The number of rotatable bonds is 3. The van der Waals surface area contributed by atoms with Crippen molar-refractivity contribution in [1.29, 1.82) is 0 Å². The van der Waals surface area contributed by atoms with Gasteiger partial charge in [0.15, 0.2) is 0 Å². The number of carbonyl (C=O) groups excluding carboxylic acids is 1. The maximum atomic E-state index is 12.9. The van der Waals surface area contributed by atoms with Crippen LogP contribution in [-0.2, 0) is 0 Å². The summed E-state index contributed by atoms with van der Waals surface area (Å²) >= 11 is 12.2. The zero-order valence-electron chi connectivity index (χ0n) is 12.7. The van der Waals surface area contributed by atoms with Crippen LogP contribution in [0, 0.1) is 0 Å². The molecule has 4 nitrogen and oxygen atoms in total. The van der Waals surface area contributed by atoms with Crippen LogP contribution in [0.3, 0.4) is 0 Å². The average molecular weight is 348 g/mol. The topological polar surface area (TPSA) is 49.0 Å². The normalized spacial score (nSPS) is 12.3. The zero-order valence-corrected chi connectivity index (χ0v) is 14.2. The van der Waals surface area contributed by atoms with Crippen LogP contribution < -0.4 is 0 Å². The number of H-pyrrole nitrogens is 1. The summed E-state index contributed by atoms with van der Waals surface area (Å²) < 4.78 is 0. The molecule has 23 heavy (non-hydrogen) atoms. The molecule has 0 aliphatic carbocycles. The van der Waals surface area contributed by atoms with Crippen molar-refractivity contribution in [3.63, 3.8) is 0 Å². The molecule has 2 aromatic heterocycles. The van der Waals surface area contributed by atoms with Gasteiger partial charge < -0.3 is 9.88 Å². The zero-order chi connectivity index (χ0) is 16.6. The van der Waals surface area contributed by atoms with Crippen molar-refractivity contribution in [3.05, 3.63) is 63.9 Å². The Labute approximate surface area is 144 Å². The molecule has 1 amide bonds. The van der Waals surface area contributed by atoms with E-state index in [-0.39, 0.29) is 11.9 Å². The van der Waals surface area contributed by atoms with Crippen molar-refractivity contribution in [1.82, 2.24) is 14.9 Å². The van der Waals surface area contributed by atoms with E-state index in [2.05, 4.69) is 9.97 Å². The maximum Gasteiger partial charge on any atom is 0.254 e. The van der Waals surface area contributed by atoms with Gasteiger partial charge in [-0.2, -0.15) is 0 Å². The highest BCUT2D eigenvalue weighted by Gasteiger charge is 2.22. The largest absolute Gasteiger partial charge is 0.346 e. The van der Waals surface area contributed by atoms with Crippen LogP contribution in [0.2, 0.25) is 10.0 Å². The third-order valence-corrected chi connectivity index (χ3v) is 4.57. The molecule has 0 aliphatic rings. The second kappa shape index (κ2) is 6.22. The molecule has 1 N–H and O–H groups in total. The number of halogens is 2. The minimum absolute atomic E-state index is 0.0875. The van der Waals surface area contributed by atoms with Gasteiger partial charge in [-0.15, -0.1) is 0 Å². The molecule has 0 saturated carbocycles. The van der Waals surface area contributed by atoms with Crippen molar-refractivity contribution in [2.45, 2.75) is 13.0 Å². The predicted molar refractivity (Wildman–Crippen MR) is 93.1 cm³/mol. The Balaban J connectivity index is 1.94. The molecule has 0 spiro atoms. The highest BCUT2D eigenvalue weighted by Crippen LogP contribution is 2.30. The molecule has 1 atom stereocenters. The lowest BCUT2D eigenvalue weighted by atomic mass is 10.1. The fraction of sp³-hybridized carbons (Fsp3) is 0.176. The van der Waals surface area contributed by atoms with Gasteiger partial charge in [0.2, 0.25) is 0 Å². The SMILES string of the molecule is CC(c1ccc(Cl)cc1Cl)N(C)C(=O)c1ccnc2[nH]ccc12. The van der Waals surface area contributed by atoms with Crippen LogP contribution in [0.1, 0.15) is 28.9 Å². The average Bonchev–Trinajstić information content (AvgIpc) is 3.01. The first-order valence-electron chi connectivity index (χ1n) is 7.13. The Kier molecular flexibility index (Phi) is 4.28. The van der Waals surface area contributed by atoms with E-state index < -0.39 is 0 Å². The third kappa shape index (κ3) is 2.92. The number of aromatic nitrogens is 2. The summed E-state index contributed by atoms with van der Waals surface area (Å²) in [5.74, 6) is -0.0875. The number of hydrogen-bond acceptors (Lipinski definition) is 2. The number of fused-ring (bicyclic) bond motifs is 1. The summed E-state index contributed by atoms with van der Waals surface area (Å²) in [6.07, 6.45) is 3.40. The number of nitrogens with one attached hydrogen (secondary N) is 1. The molecule has 6 heteroatoms. The first-order chi connectivity index (χ1) is 11.0. The van der Waals surface area contributed by atoms with Gasteiger partial charge in [-0.3, -0.25) is 4.79 Å². The van der Waals surface area contributed by atoms with E-state index in [1.54, 1.807) is 42.5 Å². The molecule has 0 aliphatic heterocycles. The molecule has 2 heterocycles. The quantitative estimate of drug-likeness (QED) is 0.746.